The van der Waals surface area contributed by atoms with Crippen LogP contribution in [0.5, 0.6) is 0 Å². The molecule has 2 heteroatoms. The first-order valence-electron chi connectivity index (χ1n) is 7.22. The van der Waals surface area contributed by atoms with E-state index in [1.165, 1.54) is 43.2 Å². The highest BCUT2D eigenvalue weighted by molar-refractivity contribution is 5.33. The molecule has 0 aromatic heterocycles. The Labute approximate surface area is 110 Å². The molecule has 3 rings (SSSR count). The second kappa shape index (κ2) is 5.02. The van der Waals surface area contributed by atoms with Gasteiger partial charge in [0.1, 0.15) is 0 Å². The van der Waals surface area contributed by atoms with E-state index in [1.807, 2.05) is 0 Å². The van der Waals surface area contributed by atoms with Crippen LogP contribution in [0.4, 0.5) is 0 Å². The third kappa shape index (κ3) is 2.08. The molecule has 98 valence electrons. The predicted molar refractivity (Wildman–Crippen MR) is 73.8 cm³/mol. The van der Waals surface area contributed by atoms with Crippen LogP contribution in [0.2, 0.25) is 0 Å². The number of ether oxygens (including phenoxy) is 1. The lowest BCUT2D eigenvalue weighted by molar-refractivity contribution is 0.0853. The summed E-state index contributed by atoms with van der Waals surface area (Å²) in [6.45, 7) is 2.63. The summed E-state index contributed by atoms with van der Waals surface area (Å²) in [4.78, 5) is 0. The van der Waals surface area contributed by atoms with Crippen molar-refractivity contribution >= 4 is 0 Å². The maximum absolute atomic E-state index is 5.97. The van der Waals surface area contributed by atoms with Crippen LogP contribution in [-0.4, -0.2) is 19.8 Å². The fraction of sp³-hybridized carbons (Fsp3) is 0.625. The molecule has 2 aliphatic rings. The van der Waals surface area contributed by atoms with Crippen molar-refractivity contribution in [3.8, 4) is 0 Å². The predicted octanol–water partition coefficient (Wildman–Crippen LogP) is 2.96. The molecule has 0 amide bonds. The average molecular weight is 245 g/mol. The smallest absolute Gasteiger partial charge is 0.0471 e. The van der Waals surface area contributed by atoms with E-state index in [0.717, 1.165) is 19.8 Å². The minimum Gasteiger partial charge on any atom is -0.381 e. The minimum atomic E-state index is 0.300. The molecule has 0 unspecified atom stereocenters. The van der Waals surface area contributed by atoms with Crippen molar-refractivity contribution < 1.29 is 4.74 Å². The molecule has 0 spiro atoms. The summed E-state index contributed by atoms with van der Waals surface area (Å²) in [5.74, 6) is 0.697. The largest absolute Gasteiger partial charge is 0.381 e. The van der Waals surface area contributed by atoms with Crippen molar-refractivity contribution in [2.45, 2.75) is 43.4 Å². The highest BCUT2D eigenvalue weighted by atomic mass is 16.5. The second-order valence-electron chi connectivity index (χ2n) is 5.85. The highest BCUT2D eigenvalue weighted by Gasteiger charge is 2.37. The molecule has 1 saturated carbocycles. The molecule has 0 radical (unpaired) electrons. The zero-order valence-corrected chi connectivity index (χ0v) is 11.0. The third-order valence-electron chi connectivity index (χ3n) is 4.92. The third-order valence-corrected chi connectivity index (χ3v) is 4.92. The van der Waals surface area contributed by atoms with Crippen LogP contribution in [0.1, 0.15) is 49.1 Å². The van der Waals surface area contributed by atoms with Gasteiger partial charge in [-0.25, -0.2) is 0 Å². The van der Waals surface area contributed by atoms with E-state index >= 15 is 0 Å². The van der Waals surface area contributed by atoms with Gasteiger partial charge in [-0.15, -0.1) is 0 Å². The van der Waals surface area contributed by atoms with Gasteiger partial charge in [0.2, 0.25) is 0 Å². The summed E-state index contributed by atoms with van der Waals surface area (Å²) in [7, 11) is 0. The number of hydrogen-bond acceptors (Lipinski definition) is 2. The highest BCUT2D eigenvalue weighted by Crippen LogP contribution is 2.43. The lowest BCUT2D eigenvalue weighted by Crippen LogP contribution is -2.41. The van der Waals surface area contributed by atoms with E-state index in [1.54, 1.807) is 0 Å². The lowest BCUT2D eigenvalue weighted by atomic mass is 9.64. The number of nitrogens with two attached hydrogens (primary N) is 1. The van der Waals surface area contributed by atoms with Crippen LogP contribution >= 0.6 is 0 Å². The molecule has 1 heterocycles. The number of rotatable bonds is 3. The molecule has 1 saturated heterocycles. The van der Waals surface area contributed by atoms with Crippen LogP contribution < -0.4 is 5.73 Å². The maximum Gasteiger partial charge on any atom is 0.0471 e. The van der Waals surface area contributed by atoms with E-state index < -0.39 is 0 Å². The van der Waals surface area contributed by atoms with Crippen LogP contribution in [0.3, 0.4) is 0 Å². The molecule has 18 heavy (non-hydrogen) atoms. The minimum absolute atomic E-state index is 0.300. The number of hydrogen-bond donors (Lipinski definition) is 1. The first kappa shape index (κ1) is 12.2. The van der Waals surface area contributed by atoms with Gasteiger partial charge in [-0.1, -0.05) is 30.7 Å². The van der Waals surface area contributed by atoms with Gasteiger partial charge in [0.15, 0.2) is 0 Å². The van der Waals surface area contributed by atoms with E-state index in [4.69, 9.17) is 10.5 Å². The molecular formula is C16H23NO. The SMILES string of the molecule is NCC1(c2ccc(C3CCOCC3)cc2)CCC1. The summed E-state index contributed by atoms with van der Waals surface area (Å²) in [6, 6.07) is 9.27. The van der Waals surface area contributed by atoms with E-state index in [2.05, 4.69) is 24.3 Å². The average Bonchev–Trinajstić information content (AvgIpc) is 2.40. The number of benzene rings is 1. The fourth-order valence-electron chi connectivity index (χ4n) is 3.35. The normalized spacial score (nSPS) is 23.6. The van der Waals surface area contributed by atoms with Gasteiger partial charge < -0.3 is 10.5 Å². The first-order chi connectivity index (χ1) is 8.84. The van der Waals surface area contributed by atoms with Gasteiger partial charge in [0.05, 0.1) is 0 Å². The molecular weight excluding hydrogens is 222 g/mol. The van der Waals surface area contributed by atoms with Crippen molar-refractivity contribution in [2.75, 3.05) is 19.8 Å². The molecule has 2 N–H and O–H groups in total. The van der Waals surface area contributed by atoms with Crippen molar-refractivity contribution in [2.24, 2.45) is 5.73 Å². The van der Waals surface area contributed by atoms with Crippen LogP contribution in [-0.2, 0) is 10.2 Å². The van der Waals surface area contributed by atoms with Gasteiger partial charge in [-0.05, 0) is 42.7 Å². The van der Waals surface area contributed by atoms with Gasteiger partial charge in [0, 0.05) is 25.2 Å². The molecule has 1 aromatic carbocycles. The Kier molecular flexibility index (Phi) is 3.40. The Morgan fingerprint density at radius 2 is 1.78 bits per heavy atom. The van der Waals surface area contributed by atoms with Crippen molar-refractivity contribution in [1.29, 1.82) is 0 Å². The topological polar surface area (TPSA) is 35.2 Å². The van der Waals surface area contributed by atoms with Gasteiger partial charge in [0.25, 0.3) is 0 Å². The van der Waals surface area contributed by atoms with Gasteiger partial charge >= 0.3 is 0 Å². The quantitative estimate of drug-likeness (QED) is 0.888. The molecule has 0 atom stereocenters. The van der Waals surface area contributed by atoms with E-state index in [9.17, 15) is 0 Å². The molecule has 2 fully saturated rings. The zero-order valence-electron chi connectivity index (χ0n) is 11.0. The monoisotopic (exact) mass is 245 g/mol. The summed E-state index contributed by atoms with van der Waals surface area (Å²) >= 11 is 0. The zero-order chi connectivity index (χ0) is 12.4. The van der Waals surface area contributed by atoms with Crippen molar-refractivity contribution in [3.63, 3.8) is 0 Å². The molecule has 1 aromatic rings. The van der Waals surface area contributed by atoms with Crippen LogP contribution in [0, 0.1) is 0 Å². The van der Waals surface area contributed by atoms with Crippen molar-refractivity contribution in [1.82, 2.24) is 0 Å². The maximum atomic E-state index is 5.97. The molecule has 2 nitrogen and oxygen atoms in total. The second-order valence-corrected chi connectivity index (χ2v) is 5.85. The van der Waals surface area contributed by atoms with E-state index in [0.29, 0.717) is 11.3 Å². The Hall–Kier alpha value is -0.860. The van der Waals surface area contributed by atoms with Crippen LogP contribution in [0.15, 0.2) is 24.3 Å². The van der Waals surface area contributed by atoms with E-state index in [-0.39, 0.29) is 0 Å². The summed E-state index contributed by atoms with van der Waals surface area (Å²) in [5.41, 5.74) is 9.20. The standard InChI is InChI=1S/C16H23NO/c17-12-16(8-1-9-16)15-4-2-13(3-5-15)14-6-10-18-11-7-14/h2-5,14H,1,6-12,17H2. The molecule has 1 aliphatic carbocycles. The Morgan fingerprint density at radius 3 is 2.28 bits per heavy atom. The van der Waals surface area contributed by atoms with Gasteiger partial charge in [-0.2, -0.15) is 0 Å². The summed E-state index contributed by atoms with van der Waals surface area (Å²) in [6.07, 6.45) is 6.20. The molecule has 0 bridgehead atoms. The Morgan fingerprint density at radius 1 is 1.11 bits per heavy atom. The van der Waals surface area contributed by atoms with Crippen molar-refractivity contribution in [3.05, 3.63) is 35.4 Å². The first-order valence-corrected chi connectivity index (χ1v) is 7.22. The van der Waals surface area contributed by atoms with Crippen LogP contribution in [0.25, 0.3) is 0 Å². The summed E-state index contributed by atoms with van der Waals surface area (Å²) in [5, 5.41) is 0. The fourth-order valence-corrected chi connectivity index (χ4v) is 3.35. The lowest BCUT2D eigenvalue weighted by Gasteiger charge is -2.41. The van der Waals surface area contributed by atoms with Gasteiger partial charge in [-0.3, -0.25) is 0 Å². The Balaban J connectivity index is 1.76. The summed E-state index contributed by atoms with van der Waals surface area (Å²) < 4.78 is 5.43. The molecule has 1 aliphatic heterocycles. The Bertz CT molecular complexity index is 383.